The van der Waals surface area contributed by atoms with Gasteiger partial charge in [0.1, 0.15) is 5.75 Å². The maximum Gasteiger partial charge on any atom is 0.120 e. The van der Waals surface area contributed by atoms with Gasteiger partial charge in [0.15, 0.2) is 0 Å². The van der Waals surface area contributed by atoms with E-state index in [2.05, 4.69) is 35.0 Å². The van der Waals surface area contributed by atoms with Crippen molar-refractivity contribution in [3.05, 3.63) is 30.5 Å². The third-order valence-electron chi connectivity index (χ3n) is 3.39. The monoisotopic (exact) mass is 270 g/mol. The first-order chi connectivity index (χ1) is 9.41. The first kappa shape index (κ1) is 14.5. The molecule has 3 heteroatoms. The number of rotatable bonds is 5. The molecule has 0 spiro atoms. The van der Waals surface area contributed by atoms with Gasteiger partial charge in [-0.2, -0.15) is 5.26 Å². The molecule has 0 saturated carbocycles. The third-order valence-corrected chi connectivity index (χ3v) is 3.39. The molecule has 20 heavy (non-hydrogen) atoms. The fraction of sp³-hybridized carbons (Fsp3) is 0.471. The molecule has 1 aromatic carbocycles. The van der Waals surface area contributed by atoms with E-state index >= 15 is 0 Å². The Hall–Kier alpha value is -1.95. The van der Waals surface area contributed by atoms with E-state index in [9.17, 15) is 0 Å². The second-order valence-corrected chi connectivity index (χ2v) is 6.14. The summed E-state index contributed by atoms with van der Waals surface area (Å²) in [6.45, 7) is 8.87. The van der Waals surface area contributed by atoms with Gasteiger partial charge >= 0.3 is 0 Å². The smallest absolute Gasteiger partial charge is 0.120 e. The molecule has 0 aliphatic rings. The molecule has 0 radical (unpaired) electrons. The number of aryl methyl sites for hydroxylation is 1. The Morgan fingerprint density at radius 1 is 1.30 bits per heavy atom. The molecule has 2 rings (SSSR count). The number of benzene rings is 1. The number of fused-ring (bicyclic) bond motifs is 1. The van der Waals surface area contributed by atoms with Crippen LogP contribution in [0.2, 0.25) is 0 Å². The summed E-state index contributed by atoms with van der Waals surface area (Å²) in [6, 6.07) is 10.6. The van der Waals surface area contributed by atoms with Crippen molar-refractivity contribution in [1.29, 1.82) is 5.26 Å². The van der Waals surface area contributed by atoms with Gasteiger partial charge in [-0.1, -0.05) is 0 Å². The minimum Gasteiger partial charge on any atom is -0.491 e. The second-order valence-electron chi connectivity index (χ2n) is 6.14. The van der Waals surface area contributed by atoms with Crippen LogP contribution in [0.25, 0.3) is 10.9 Å². The highest BCUT2D eigenvalue weighted by atomic mass is 16.5. The van der Waals surface area contributed by atoms with Crippen LogP contribution in [0, 0.1) is 16.7 Å². The van der Waals surface area contributed by atoms with Gasteiger partial charge in [0.2, 0.25) is 0 Å². The van der Waals surface area contributed by atoms with Crippen LogP contribution in [0.5, 0.6) is 5.75 Å². The van der Waals surface area contributed by atoms with Crippen LogP contribution in [0.1, 0.15) is 34.1 Å². The summed E-state index contributed by atoms with van der Waals surface area (Å²) in [5.74, 6) is 0.905. The summed E-state index contributed by atoms with van der Waals surface area (Å²) >= 11 is 0. The molecule has 0 saturated heterocycles. The largest absolute Gasteiger partial charge is 0.491 e. The molecular formula is C17H22N2O. The van der Waals surface area contributed by atoms with Gasteiger partial charge in [-0.05, 0) is 58.4 Å². The number of nitriles is 1. The Kier molecular flexibility index (Phi) is 4.04. The summed E-state index contributed by atoms with van der Waals surface area (Å²) in [4.78, 5) is 0. The Bertz CT molecular complexity index is 632. The molecule has 2 aromatic rings. The molecule has 0 aliphatic carbocycles. The number of aromatic nitrogens is 1. The predicted octanol–water partition coefficient (Wildman–Crippen LogP) is 4.37. The standard InChI is InChI=1S/C17H22N2O/c1-13(2)20-15-5-6-16-14(11-15)7-9-19(16)10-8-17(3,4)12-18/h5-7,9,11,13H,8,10H2,1-4H3. The van der Waals surface area contributed by atoms with Gasteiger partial charge in [-0.15, -0.1) is 0 Å². The van der Waals surface area contributed by atoms with Gasteiger partial charge in [0, 0.05) is 23.6 Å². The summed E-state index contributed by atoms with van der Waals surface area (Å²) < 4.78 is 7.91. The maximum absolute atomic E-state index is 9.08. The summed E-state index contributed by atoms with van der Waals surface area (Å²) in [6.07, 6.45) is 3.11. The van der Waals surface area contributed by atoms with E-state index in [1.54, 1.807) is 0 Å². The van der Waals surface area contributed by atoms with Crippen LogP contribution >= 0.6 is 0 Å². The molecule has 0 unspecified atom stereocenters. The van der Waals surface area contributed by atoms with Crippen LogP contribution in [0.15, 0.2) is 30.5 Å². The number of hydrogen-bond donors (Lipinski definition) is 0. The van der Waals surface area contributed by atoms with Gasteiger partial charge < -0.3 is 9.30 Å². The van der Waals surface area contributed by atoms with E-state index in [-0.39, 0.29) is 11.5 Å². The van der Waals surface area contributed by atoms with E-state index in [1.165, 1.54) is 10.9 Å². The third kappa shape index (κ3) is 3.33. The quantitative estimate of drug-likeness (QED) is 0.809. The lowest BCUT2D eigenvalue weighted by atomic mass is 9.91. The first-order valence-electron chi connectivity index (χ1n) is 7.08. The minimum absolute atomic E-state index is 0.186. The number of ether oxygens (including phenoxy) is 1. The zero-order valence-electron chi connectivity index (χ0n) is 12.7. The predicted molar refractivity (Wildman–Crippen MR) is 81.7 cm³/mol. The van der Waals surface area contributed by atoms with Crippen molar-refractivity contribution in [1.82, 2.24) is 4.57 Å². The SMILES string of the molecule is CC(C)Oc1ccc2c(ccn2CCC(C)(C)C#N)c1. The molecule has 0 atom stereocenters. The highest BCUT2D eigenvalue weighted by Gasteiger charge is 2.16. The fourth-order valence-corrected chi connectivity index (χ4v) is 2.17. The molecule has 0 fully saturated rings. The van der Waals surface area contributed by atoms with E-state index in [0.29, 0.717) is 0 Å². The van der Waals surface area contributed by atoms with Crippen molar-refractivity contribution in [2.24, 2.45) is 5.41 Å². The lowest BCUT2D eigenvalue weighted by Gasteiger charge is -2.16. The molecular weight excluding hydrogens is 248 g/mol. The van der Waals surface area contributed by atoms with E-state index in [4.69, 9.17) is 10.00 Å². The van der Waals surface area contributed by atoms with Crippen LogP contribution in [0.3, 0.4) is 0 Å². The summed E-state index contributed by atoms with van der Waals surface area (Å²) in [7, 11) is 0. The molecule has 1 heterocycles. The first-order valence-corrected chi connectivity index (χ1v) is 7.08. The molecule has 106 valence electrons. The normalized spacial score (nSPS) is 11.8. The van der Waals surface area contributed by atoms with Crippen LogP contribution in [-0.4, -0.2) is 10.7 Å². The van der Waals surface area contributed by atoms with Crippen LogP contribution in [0.4, 0.5) is 0 Å². The highest BCUT2D eigenvalue weighted by molar-refractivity contribution is 5.81. The topological polar surface area (TPSA) is 38.0 Å². The van der Waals surface area contributed by atoms with Crippen molar-refractivity contribution in [3.63, 3.8) is 0 Å². The van der Waals surface area contributed by atoms with E-state index in [0.717, 1.165) is 18.7 Å². The highest BCUT2D eigenvalue weighted by Crippen LogP contribution is 2.25. The zero-order chi connectivity index (χ0) is 14.8. The lowest BCUT2D eigenvalue weighted by molar-refractivity contribution is 0.243. The van der Waals surface area contributed by atoms with Gasteiger partial charge in [0.25, 0.3) is 0 Å². The maximum atomic E-state index is 9.08. The zero-order valence-corrected chi connectivity index (χ0v) is 12.7. The molecule has 0 aliphatic heterocycles. The Morgan fingerprint density at radius 2 is 2.05 bits per heavy atom. The fourth-order valence-electron chi connectivity index (χ4n) is 2.17. The van der Waals surface area contributed by atoms with Crippen molar-refractivity contribution < 1.29 is 4.74 Å². The Labute approximate surface area is 120 Å². The van der Waals surface area contributed by atoms with Crippen molar-refractivity contribution in [3.8, 4) is 11.8 Å². The van der Waals surface area contributed by atoms with Gasteiger partial charge in [0.05, 0.1) is 17.6 Å². The van der Waals surface area contributed by atoms with E-state index in [1.807, 2.05) is 33.8 Å². The molecule has 0 bridgehead atoms. The Balaban J connectivity index is 2.19. The van der Waals surface area contributed by atoms with Gasteiger partial charge in [-0.3, -0.25) is 0 Å². The lowest BCUT2D eigenvalue weighted by Crippen LogP contribution is -2.11. The van der Waals surface area contributed by atoms with Crippen LogP contribution in [-0.2, 0) is 6.54 Å². The summed E-state index contributed by atoms with van der Waals surface area (Å²) in [5, 5.41) is 10.3. The number of hydrogen-bond acceptors (Lipinski definition) is 2. The van der Waals surface area contributed by atoms with Crippen molar-refractivity contribution >= 4 is 10.9 Å². The second kappa shape index (κ2) is 5.58. The summed E-state index contributed by atoms with van der Waals surface area (Å²) in [5.41, 5.74) is 0.909. The Morgan fingerprint density at radius 3 is 2.70 bits per heavy atom. The average Bonchev–Trinajstić information content (AvgIpc) is 2.78. The van der Waals surface area contributed by atoms with Gasteiger partial charge in [-0.25, -0.2) is 0 Å². The van der Waals surface area contributed by atoms with Crippen molar-refractivity contribution in [2.75, 3.05) is 0 Å². The molecule has 0 N–H and O–H groups in total. The minimum atomic E-state index is -0.280. The molecule has 0 amide bonds. The van der Waals surface area contributed by atoms with Crippen molar-refractivity contribution in [2.45, 2.75) is 46.8 Å². The average molecular weight is 270 g/mol. The molecule has 1 aromatic heterocycles. The van der Waals surface area contributed by atoms with Crippen LogP contribution < -0.4 is 4.74 Å². The molecule has 3 nitrogen and oxygen atoms in total. The van der Waals surface area contributed by atoms with E-state index < -0.39 is 0 Å². The number of nitrogens with zero attached hydrogens (tertiary/aromatic N) is 2.